The summed E-state index contributed by atoms with van der Waals surface area (Å²) in [5.74, 6) is -0.672. The Morgan fingerprint density at radius 3 is 2.42 bits per heavy atom. The summed E-state index contributed by atoms with van der Waals surface area (Å²) >= 11 is 0. The van der Waals surface area contributed by atoms with Crippen LogP contribution in [0.3, 0.4) is 0 Å². The van der Waals surface area contributed by atoms with E-state index in [1.165, 1.54) is 19.1 Å². The number of carbonyl (C=O) groups is 2. The maximum atomic E-state index is 13.3. The molecule has 2 N–H and O–H groups in total. The number of halogens is 1. The molecule has 0 bridgehead atoms. The lowest BCUT2D eigenvalue weighted by atomic mass is 10.1. The molecular formula is C23H26FN5O2. The first-order chi connectivity index (χ1) is 14.7. The molecule has 0 unspecified atom stereocenters. The molecule has 0 aliphatic heterocycles. The molecule has 0 aliphatic carbocycles. The Labute approximate surface area is 180 Å². The number of nitrogens with one attached hydrogen (secondary N) is 2. The molecule has 2 amide bonds. The van der Waals surface area contributed by atoms with Crippen molar-refractivity contribution in [3.05, 3.63) is 71.9 Å². The van der Waals surface area contributed by atoms with Gasteiger partial charge in [-0.05, 0) is 49.7 Å². The number of hydrogen-bond donors (Lipinski definition) is 2. The molecule has 0 radical (unpaired) electrons. The predicted octanol–water partition coefficient (Wildman–Crippen LogP) is 2.71. The zero-order valence-corrected chi connectivity index (χ0v) is 17.9. The number of hydrogen-bond acceptors (Lipinski definition) is 4. The molecule has 2 heterocycles. The average Bonchev–Trinajstić information content (AvgIpc) is 3.10. The first-order valence-corrected chi connectivity index (χ1v) is 9.99. The Bertz CT molecular complexity index is 1050. The van der Waals surface area contributed by atoms with Gasteiger partial charge in [0.25, 0.3) is 0 Å². The predicted molar refractivity (Wildman–Crippen MR) is 116 cm³/mol. The number of aromatic nitrogens is 3. The maximum absolute atomic E-state index is 13.3. The van der Waals surface area contributed by atoms with Crippen molar-refractivity contribution in [1.29, 1.82) is 0 Å². The maximum Gasteiger partial charge on any atom is 0.241 e. The van der Waals surface area contributed by atoms with E-state index < -0.39 is 5.54 Å². The van der Waals surface area contributed by atoms with Gasteiger partial charge in [0.1, 0.15) is 12.4 Å². The largest absolute Gasteiger partial charge is 0.352 e. The van der Waals surface area contributed by atoms with Crippen LogP contribution in [0.15, 0.2) is 54.9 Å². The minimum atomic E-state index is -0.565. The zero-order valence-electron chi connectivity index (χ0n) is 17.9. The quantitative estimate of drug-likeness (QED) is 0.583. The van der Waals surface area contributed by atoms with Gasteiger partial charge in [-0.2, -0.15) is 5.10 Å². The van der Waals surface area contributed by atoms with Crippen LogP contribution in [0, 0.1) is 5.82 Å². The molecule has 7 nitrogen and oxygen atoms in total. The van der Waals surface area contributed by atoms with Crippen LogP contribution in [0.25, 0.3) is 11.3 Å². The van der Waals surface area contributed by atoms with Crippen LogP contribution in [0.4, 0.5) is 4.39 Å². The first-order valence-electron chi connectivity index (χ1n) is 9.99. The molecular weight excluding hydrogens is 397 g/mol. The monoisotopic (exact) mass is 423 g/mol. The highest BCUT2D eigenvalue weighted by atomic mass is 19.1. The fraction of sp³-hybridized carbons (Fsp3) is 0.304. The van der Waals surface area contributed by atoms with Crippen molar-refractivity contribution < 1.29 is 14.0 Å². The van der Waals surface area contributed by atoms with Crippen LogP contribution in [0.1, 0.15) is 32.0 Å². The van der Waals surface area contributed by atoms with Gasteiger partial charge in [0.15, 0.2) is 0 Å². The van der Waals surface area contributed by atoms with E-state index in [2.05, 4.69) is 20.7 Å². The van der Waals surface area contributed by atoms with Crippen LogP contribution in [0.5, 0.6) is 0 Å². The molecule has 0 saturated heterocycles. The highest BCUT2D eigenvalue weighted by Crippen LogP contribution is 2.20. The van der Waals surface area contributed by atoms with Gasteiger partial charge in [-0.25, -0.2) is 4.39 Å². The number of carbonyl (C=O) groups excluding carboxylic acids is 2. The van der Waals surface area contributed by atoms with E-state index in [9.17, 15) is 14.0 Å². The normalized spacial score (nSPS) is 11.2. The Morgan fingerprint density at radius 2 is 1.77 bits per heavy atom. The molecule has 3 aromatic rings. The summed E-state index contributed by atoms with van der Waals surface area (Å²) in [4.78, 5) is 27.9. The van der Waals surface area contributed by atoms with E-state index in [0.29, 0.717) is 6.42 Å². The minimum Gasteiger partial charge on any atom is -0.352 e. The zero-order chi connectivity index (χ0) is 22.4. The second kappa shape index (κ2) is 9.51. The minimum absolute atomic E-state index is 0.0256. The summed E-state index contributed by atoms with van der Waals surface area (Å²) in [6.07, 6.45) is 3.87. The van der Waals surface area contributed by atoms with Crippen LogP contribution in [0.2, 0.25) is 0 Å². The van der Waals surface area contributed by atoms with Crippen LogP contribution in [-0.4, -0.2) is 38.7 Å². The van der Waals surface area contributed by atoms with Crippen molar-refractivity contribution >= 4 is 11.8 Å². The molecule has 8 heteroatoms. The summed E-state index contributed by atoms with van der Waals surface area (Å²) in [6.45, 7) is 5.43. The lowest BCUT2D eigenvalue weighted by molar-refractivity contribution is -0.124. The average molecular weight is 423 g/mol. The topological polar surface area (TPSA) is 88.9 Å². The van der Waals surface area contributed by atoms with Crippen molar-refractivity contribution in [2.75, 3.05) is 6.54 Å². The van der Waals surface area contributed by atoms with Gasteiger partial charge in [-0.3, -0.25) is 19.3 Å². The fourth-order valence-corrected chi connectivity index (χ4v) is 3.24. The molecule has 0 aliphatic rings. The van der Waals surface area contributed by atoms with Crippen LogP contribution < -0.4 is 10.6 Å². The van der Waals surface area contributed by atoms with E-state index >= 15 is 0 Å². The van der Waals surface area contributed by atoms with Crippen LogP contribution in [-0.2, 0) is 22.6 Å². The molecule has 3 rings (SSSR count). The lowest BCUT2D eigenvalue weighted by Crippen LogP contribution is -2.51. The van der Waals surface area contributed by atoms with E-state index in [4.69, 9.17) is 0 Å². The van der Waals surface area contributed by atoms with Gasteiger partial charge < -0.3 is 10.6 Å². The molecule has 0 saturated carbocycles. The van der Waals surface area contributed by atoms with Gasteiger partial charge >= 0.3 is 0 Å². The summed E-state index contributed by atoms with van der Waals surface area (Å²) in [5, 5.41) is 10.3. The van der Waals surface area contributed by atoms with Gasteiger partial charge in [0.2, 0.25) is 11.8 Å². The molecule has 31 heavy (non-hydrogen) atoms. The highest BCUT2D eigenvalue weighted by Gasteiger charge is 2.20. The third-order valence-corrected chi connectivity index (χ3v) is 4.67. The molecule has 0 spiro atoms. The molecule has 1 aromatic carbocycles. The Hall–Kier alpha value is -3.55. The number of rotatable bonds is 8. The third-order valence-electron chi connectivity index (χ3n) is 4.67. The Balaban J connectivity index is 1.78. The van der Waals surface area contributed by atoms with Gasteiger partial charge in [-0.1, -0.05) is 12.1 Å². The van der Waals surface area contributed by atoms with Crippen molar-refractivity contribution in [1.82, 2.24) is 25.4 Å². The SMILES string of the molecule is CC(=O)NC(C)(C)CNC(=O)Cn1nc(-c2ccncc2)cc1Cc1ccc(F)cc1. The van der Waals surface area contributed by atoms with Crippen molar-refractivity contribution in [2.24, 2.45) is 0 Å². The number of pyridine rings is 1. The van der Waals surface area contributed by atoms with Crippen molar-refractivity contribution in [3.8, 4) is 11.3 Å². The second-order valence-corrected chi connectivity index (χ2v) is 8.06. The Kier molecular flexibility index (Phi) is 6.79. The number of nitrogens with zero attached hydrogens (tertiary/aromatic N) is 3. The second-order valence-electron chi connectivity index (χ2n) is 8.06. The van der Waals surface area contributed by atoms with Crippen molar-refractivity contribution in [2.45, 2.75) is 39.3 Å². The van der Waals surface area contributed by atoms with E-state index in [1.54, 1.807) is 29.2 Å². The number of amides is 2. The first kappa shape index (κ1) is 22.1. The van der Waals surface area contributed by atoms with E-state index in [-0.39, 0.29) is 30.7 Å². The summed E-state index contributed by atoms with van der Waals surface area (Å²) < 4.78 is 14.9. The summed E-state index contributed by atoms with van der Waals surface area (Å²) in [5.41, 5.74) is 2.79. The van der Waals surface area contributed by atoms with Crippen molar-refractivity contribution in [3.63, 3.8) is 0 Å². The molecule has 0 atom stereocenters. The smallest absolute Gasteiger partial charge is 0.241 e. The van der Waals surface area contributed by atoms with E-state index in [0.717, 1.165) is 22.5 Å². The van der Waals surface area contributed by atoms with E-state index in [1.807, 2.05) is 32.0 Å². The summed E-state index contributed by atoms with van der Waals surface area (Å²) in [6, 6.07) is 11.9. The Morgan fingerprint density at radius 1 is 1.10 bits per heavy atom. The van der Waals surface area contributed by atoms with Gasteiger partial charge in [-0.15, -0.1) is 0 Å². The highest BCUT2D eigenvalue weighted by molar-refractivity contribution is 5.76. The fourth-order valence-electron chi connectivity index (χ4n) is 3.24. The van der Waals surface area contributed by atoms with Crippen LogP contribution >= 0.6 is 0 Å². The third kappa shape index (κ3) is 6.47. The molecule has 2 aromatic heterocycles. The number of benzene rings is 1. The van der Waals surface area contributed by atoms with Gasteiger partial charge in [0.05, 0.1) is 11.2 Å². The summed E-state index contributed by atoms with van der Waals surface area (Å²) in [7, 11) is 0. The molecule has 0 fully saturated rings. The molecule has 162 valence electrons. The van der Waals surface area contributed by atoms with Gasteiger partial charge in [0, 0.05) is 43.5 Å². The lowest BCUT2D eigenvalue weighted by Gasteiger charge is -2.25. The standard InChI is InChI=1S/C23H26FN5O2/c1-16(30)27-23(2,3)15-26-22(31)14-29-20(12-17-4-6-19(24)7-5-17)13-21(28-29)18-8-10-25-11-9-18/h4-11,13H,12,14-15H2,1-3H3,(H,26,31)(H,27,30).